The first kappa shape index (κ1) is 14.7. The average Bonchev–Trinajstić information content (AvgIpc) is 3.27. The quantitative estimate of drug-likeness (QED) is 0.769. The maximum Gasteiger partial charge on any atom is 0.260 e. The van der Waals surface area contributed by atoms with E-state index in [9.17, 15) is 4.79 Å². The SMILES string of the molecule is COc1ccc(OCC(=O)N(CC(C)C)C2CC2)cc1. The lowest BCUT2D eigenvalue weighted by atomic mass is 10.2. The third-order valence-electron chi connectivity index (χ3n) is 3.29. The summed E-state index contributed by atoms with van der Waals surface area (Å²) < 4.78 is 10.6. The highest BCUT2D eigenvalue weighted by molar-refractivity contribution is 5.78. The van der Waals surface area contributed by atoms with Crippen LogP contribution in [0.15, 0.2) is 24.3 Å². The van der Waals surface area contributed by atoms with Crippen molar-refractivity contribution in [1.29, 1.82) is 0 Å². The number of benzene rings is 1. The van der Waals surface area contributed by atoms with E-state index in [4.69, 9.17) is 9.47 Å². The van der Waals surface area contributed by atoms with Crippen LogP contribution in [-0.2, 0) is 4.79 Å². The number of hydrogen-bond donors (Lipinski definition) is 0. The number of amides is 1. The molecule has 0 spiro atoms. The molecule has 0 aromatic heterocycles. The van der Waals surface area contributed by atoms with Crippen LogP contribution in [0.4, 0.5) is 0 Å². The van der Waals surface area contributed by atoms with Gasteiger partial charge < -0.3 is 14.4 Å². The molecule has 1 aromatic carbocycles. The topological polar surface area (TPSA) is 38.8 Å². The highest BCUT2D eigenvalue weighted by atomic mass is 16.5. The summed E-state index contributed by atoms with van der Waals surface area (Å²) in [6.07, 6.45) is 2.25. The standard InChI is InChI=1S/C16H23NO3/c1-12(2)10-17(13-4-5-13)16(18)11-20-15-8-6-14(19-3)7-9-15/h6-9,12-13H,4-5,10-11H2,1-3H3. The van der Waals surface area contributed by atoms with E-state index in [-0.39, 0.29) is 12.5 Å². The van der Waals surface area contributed by atoms with Gasteiger partial charge in [-0.1, -0.05) is 13.8 Å². The first-order valence-electron chi connectivity index (χ1n) is 7.16. The van der Waals surface area contributed by atoms with Gasteiger partial charge in [0.25, 0.3) is 5.91 Å². The fourth-order valence-corrected chi connectivity index (χ4v) is 2.13. The Morgan fingerprint density at radius 1 is 1.25 bits per heavy atom. The van der Waals surface area contributed by atoms with Crippen LogP contribution in [0.25, 0.3) is 0 Å². The summed E-state index contributed by atoms with van der Waals surface area (Å²) in [6.45, 7) is 5.19. The fourth-order valence-electron chi connectivity index (χ4n) is 2.13. The van der Waals surface area contributed by atoms with E-state index in [0.29, 0.717) is 17.7 Å². The van der Waals surface area contributed by atoms with Gasteiger partial charge in [-0.25, -0.2) is 0 Å². The van der Waals surface area contributed by atoms with Crippen LogP contribution in [0.1, 0.15) is 26.7 Å². The Kier molecular flexibility index (Phi) is 4.88. The molecule has 1 saturated carbocycles. The summed E-state index contributed by atoms with van der Waals surface area (Å²) in [7, 11) is 1.62. The molecule has 0 bridgehead atoms. The molecular weight excluding hydrogens is 254 g/mol. The second kappa shape index (κ2) is 6.64. The minimum Gasteiger partial charge on any atom is -0.497 e. The highest BCUT2D eigenvalue weighted by Gasteiger charge is 2.32. The lowest BCUT2D eigenvalue weighted by Crippen LogP contribution is -2.39. The Labute approximate surface area is 120 Å². The van der Waals surface area contributed by atoms with Crippen molar-refractivity contribution in [2.45, 2.75) is 32.7 Å². The second-order valence-electron chi connectivity index (χ2n) is 5.64. The van der Waals surface area contributed by atoms with Gasteiger partial charge in [0, 0.05) is 12.6 Å². The Bertz CT molecular complexity index is 438. The molecule has 1 amide bonds. The van der Waals surface area contributed by atoms with E-state index in [1.807, 2.05) is 29.2 Å². The molecule has 0 unspecified atom stereocenters. The molecule has 0 aliphatic heterocycles. The van der Waals surface area contributed by atoms with Gasteiger partial charge in [0.05, 0.1) is 7.11 Å². The van der Waals surface area contributed by atoms with Crippen molar-refractivity contribution in [3.63, 3.8) is 0 Å². The zero-order valence-corrected chi connectivity index (χ0v) is 12.5. The van der Waals surface area contributed by atoms with Crippen molar-refractivity contribution >= 4 is 5.91 Å². The van der Waals surface area contributed by atoms with E-state index in [1.54, 1.807) is 7.11 Å². The van der Waals surface area contributed by atoms with Gasteiger partial charge >= 0.3 is 0 Å². The first-order valence-corrected chi connectivity index (χ1v) is 7.16. The molecule has 1 aromatic rings. The molecule has 4 nitrogen and oxygen atoms in total. The molecule has 110 valence electrons. The van der Waals surface area contributed by atoms with E-state index in [2.05, 4.69) is 13.8 Å². The largest absolute Gasteiger partial charge is 0.497 e. The second-order valence-corrected chi connectivity index (χ2v) is 5.64. The van der Waals surface area contributed by atoms with Gasteiger partial charge in [-0.3, -0.25) is 4.79 Å². The number of ether oxygens (including phenoxy) is 2. The third-order valence-corrected chi connectivity index (χ3v) is 3.29. The molecular formula is C16H23NO3. The van der Waals surface area contributed by atoms with Crippen LogP contribution in [0.3, 0.4) is 0 Å². The minimum absolute atomic E-state index is 0.0806. The molecule has 20 heavy (non-hydrogen) atoms. The van der Waals surface area contributed by atoms with Gasteiger partial charge in [-0.15, -0.1) is 0 Å². The van der Waals surface area contributed by atoms with E-state index >= 15 is 0 Å². The van der Waals surface area contributed by atoms with Crippen LogP contribution < -0.4 is 9.47 Å². The smallest absolute Gasteiger partial charge is 0.260 e. The summed E-state index contributed by atoms with van der Waals surface area (Å²) in [5.74, 6) is 2.04. The zero-order chi connectivity index (χ0) is 14.5. The molecule has 1 fully saturated rings. The summed E-state index contributed by atoms with van der Waals surface area (Å²) in [4.78, 5) is 14.2. The molecule has 4 heteroatoms. The molecule has 0 N–H and O–H groups in total. The van der Waals surface area contributed by atoms with Crippen molar-refractivity contribution in [3.8, 4) is 11.5 Å². The minimum atomic E-state index is 0.0806. The molecule has 0 heterocycles. The van der Waals surface area contributed by atoms with E-state index in [0.717, 1.165) is 25.1 Å². The van der Waals surface area contributed by atoms with Gasteiger partial charge in [0.15, 0.2) is 6.61 Å². The number of rotatable bonds is 7. The molecule has 1 aliphatic rings. The van der Waals surface area contributed by atoms with Crippen LogP contribution in [0, 0.1) is 5.92 Å². The average molecular weight is 277 g/mol. The number of methoxy groups -OCH3 is 1. The maximum absolute atomic E-state index is 12.2. The third kappa shape index (κ3) is 4.15. The number of carbonyl (C=O) groups excluding carboxylic acids is 1. The number of nitrogens with zero attached hydrogens (tertiary/aromatic N) is 1. The van der Waals surface area contributed by atoms with Crippen molar-refractivity contribution in [3.05, 3.63) is 24.3 Å². The highest BCUT2D eigenvalue weighted by Crippen LogP contribution is 2.27. The predicted molar refractivity (Wildman–Crippen MR) is 78.1 cm³/mol. The van der Waals surface area contributed by atoms with Crippen LogP contribution in [0.5, 0.6) is 11.5 Å². The zero-order valence-electron chi connectivity index (χ0n) is 12.5. The van der Waals surface area contributed by atoms with Crippen molar-refractivity contribution in [1.82, 2.24) is 4.90 Å². The van der Waals surface area contributed by atoms with Crippen molar-refractivity contribution < 1.29 is 14.3 Å². The molecule has 2 rings (SSSR count). The van der Waals surface area contributed by atoms with Crippen LogP contribution in [-0.4, -0.2) is 37.1 Å². The van der Waals surface area contributed by atoms with E-state index < -0.39 is 0 Å². The first-order chi connectivity index (χ1) is 9.60. The molecule has 0 atom stereocenters. The maximum atomic E-state index is 12.2. The Balaban J connectivity index is 1.86. The van der Waals surface area contributed by atoms with Gasteiger partial charge in [-0.2, -0.15) is 0 Å². The Hall–Kier alpha value is -1.71. The van der Waals surface area contributed by atoms with Crippen LogP contribution in [0.2, 0.25) is 0 Å². The summed E-state index contributed by atoms with van der Waals surface area (Å²) >= 11 is 0. The molecule has 1 aliphatic carbocycles. The Morgan fingerprint density at radius 3 is 2.35 bits per heavy atom. The fraction of sp³-hybridized carbons (Fsp3) is 0.562. The van der Waals surface area contributed by atoms with Gasteiger partial charge in [-0.05, 0) is 43.0 Å². The summed E-state index contributed by atoms with van der Waals surface area (Å²) in [5.41, 5.74) is 0. The summed E-state index contributed by atoms with van der Waals surface area (Å²) in [5, 5.41) is 0. The monoisotopic (exact) mass is 277 g/mol. The lowest BCUT2D eigenvalue weighted by Gasteiger charge is -2.24. The normalized spacial score (nSPS) is 14.2. The molecule has 0 radical (unpaired) electrons. The van der Waals surface area contributed by atoms with Crippen molar-refractivity contribution in [2.75, 3.05) is 20.3 Å². The predicted octanol–water partition coefficient (Wildman–Crippen LogP) is 2.72. The van der Waals surface area contributed by atoms with Crippen LogP contribution >= 0.6 is 0 Å². The van der Waals surface area contributed by atoms with Crippen molar-refractivity contribution in [2.24, 2.45) is 5.92 Å². The van der Waals surface area contributed by atoms with Gasteiger partial charge in [0.1, 0.15) is 11.5 Å². The lowest BCUT2D eigenvalue weighted by molar-refractivity contribution is -0.134. The van der Waals surface area contributed by atoms with E-state index in [1.165, 1.54) is 0 Å². The Morgan fingerprint density at radius 2 is 1.85 bits per heavy atom. The van der Waals surface area contributed by atoms with Gasteiger partial charge in [0.2, 0.25) is 0 Å². The number of carbonyl (C=O) groups is 1. The molecule has 0 saturated heterocycles. The summed E-state index contributed by atoms with van der Waals surface area (Å²) in [6, 6.07) is 7.72. The number of hydrogen-bond acceptors (Lipinski definition) is 3.